The minimum absolute atomic E-state index is 0.0132. The first-order valence-corrected chi connectivity index (χ1v) is 22.1. The standard InChI is InChI=1S/C48H74O9/c1-9-13-17-21-34(5)30-54-45(50)40-26-25-38(29-42(40)47(52)56-32-36(7)23-19-15-11-3)39-27-28-41(46(51)55-31-35(6)22-18-14-10-2)44(49)43(39)48(53)57-33-37(8)24-20-16-12-4/h25-29,34-37,49H,9-24,30-33H2,1-8H3. The van der Waals surface area contributed by atoms with Gasteiger partial charge < -0.3 is 24.1 Å². The molecule has 0 heterocycles. The number of unbranched alkanes of at least 4 members (excludes halogenated alkanes) is 8. The molecule has 0 aromatic heterocycles. The van der Waals surface area contributed by atoms with E-state index >= 15 is 0 Å². The topological polar surface area (TPSA) is 125 Å². The molecule has 0 saturated heterocycles. The second kappa shape index (κ2) is 27.7. The van der Waals surface area contributed by atoms with Gasteiger partial charge in [0.1, 0.15) is 16.9 Å². The number of hydrogen-bond acceptors (Lipinski definition) is 9. The normalized spacial score (nSPS) is 13.3. The minimum Gasteiger partial charge on any atom is -0.506 e. The summed E-state index contributed by atoms with van der Waals surface area (Å²) in [5.74, 6) is -2.97. The van der Waals surface area contributed by atoms with Gasteiger partial charge in [-0.2, -0.15) is 0 Å². The molecule has 1 N–H and O–H groups in total. The fourth-order valence-electron chi connectivity index (χ4n) is 6.74. The lowest BCUT2D eigenvalue weighted by molar-refractivity contribution is 0.0396. The number of esters is 4. The summed E-state index contributed by atoms with van der Waals surface area (Å²) in [4.78, 5) is 54.6. The van der Waals surface area contributed by atoms with Crippen LogP contribution in [0.25, 0.3) is 11.1 Å². The van der Waals surface area contributed by atoms with Crippen LogP contribution in [-0.4, -0.2) is 55.4 Å². The molecule has 9 heteroatoms. The van der Waals surface area contributed by atoms with Crippen molar-refractivity contribution >= 4 is 23.9 Å². The maximum Gasteiger partial charge on any atom is 0.342 e. The van der Waals surface area contributed by atoms with Crippen LogP contribution < -0.4 is 0 Å². The maximum atomic E-state index is 13.9. The molecule has 0 amide bonds. The molecule has 0 aliphatic carbocycles. The Hall–Kier alpha value is -3.88. The van der Waals surface area contributed by atoms with E-state index in [0.717, 1.165) is 103 Å². The van der Waals surface area contributed by atoms with Crippen LogP contribution in [0, 0.1) is 23.7 Å². The van der Waals surface area contributed by atoms with Gasteiger partial charge in [0.2, 0.25) is 0 Å². The van der Waals surface area contributed by atoms with Crippen LogP contribution in [0.5, 0.6) is 5.75 Å². The summed E-state index contributed by atoms with van der Waals surface area (Å²) >= 11 is 0. The lowest BCUT2D eigenvalue weighted by Gasteiger charge is -2.18. The Kier molecular flexibility index (Phi) is 23.9. The highest BCUT2D eigenvalue weighted by molar-refractivity contribution is 6.07. The number of rotatable bonds is 29. The van der Waals surface area contributed by atoms with E-state index in [1.165, 1.54) is 18.2 Å². The third kappa shape index (κ3) is 17.7. The molecule has 0 aliphatic heterocycles. The van der Waals surface area contributed by atoms with Crippen LogP contribution >= 0.6 is 0 Å². The number of phenols is 1. The molecular weight excluding hydrogens is 721 g/mol. The maximum absolute atomic E-state index is 13.9. The van der Waals surface area contributed by atoms with Crippen molar-refractivity contribution < 1.29 is 43.2 Å². The third-order valence-corrected chi connectivity index (χ3v) is 10.6. The Morgan fingerprint density at radius 2 is 0.825 bits per heavy atom. The first-order valence-electron chi connectivity index (χ1n) is 22.1. The van der Waals surface area contributed by atoms with Crippen LogP contribution in [0.2, 0.25) is 0 Å². The summed E-state index contributed by atoms with van der Waals surface area (Å²) < 4.78 is 22.9. The number of hydrogen-bond donors (Lipinski definition) is 1. The Morgan fingerprint density at radius 3 is 1.23 bits per heavy atom. The van der Waals surface area contributed by atoms with E-state index in [4.69, 9.17) is 18.9 Å². The number of phenolic OH excluding ortho intramolecular Hbond substituents is 1. The van der Waals surface area contributed by atoms with Gasteiger partial charge in [-0.05, 0) is 73.1 Å². The third-order valence-electron chi connectivity index (χ3n) is 10.6. The van der Waals surface area contributed by atoms with Crippen molar-refractivity contribution in [1.29, 1.82) is 0 Å². The van der Waals surface area contributed by atoms with Gasteiger partial charge in [-0.15, -0.1) is 0 Å². The van der Waals surface area contributed by atoms with Crippen molar-refractivity contribution in [3.05, 3.63) is 52.6 Å². The van der Waals surface area contributed by atoms with Crippen molar-refractivity contribution in [2.24, 2.45) is 23.7 Å². The van der Waals surface area contributed by atoms with E-state index in [1.807, 2.05) is 27.7 Å². The Labute approximate surface area is 344 Å². The summed E-state index contributed by atoms with van der Waals surface area (Å²) in [7, 11) is 0. The van der Waals surface area contributed by atoms with Crippen LogP contribution in [0.1, 0.15) is 200 Å². The molecule has 0 radical (unpaired) electrons. The van der Waals surface area contributed by atoms with E-state index in [-0.39, 0.29) is 77.9 Å². The number of ether oxygens (including phenoxy) is 4. The molecule has 2 aromatic carbocycles. The first kappa shape index (κ1) is 49.3. The second-order valence-corrected chi connectivity index (χ2v) is 16.4. The quantitative estimate of drug-likeness (QED) is 0.0486. The van der Waals surface area contributed by atoms with E-state index < -0.39 is 29.6 Å². The average Bonchev–Trinajstić information content (AvgIpc) is 3.20. The SMILES string of the molecule is CCCCCC(C)COC(=O)c1ccc(-c2ccc(C(=O)OCC(C)CCCCC)c(O)c2C(=O)OCC(C)CCCCC)cc1C(=O)OCC(C)CCCCC. The molecular formula is C48H74O9. The highest BCUT2D eigenvalue weighted by atomic mass is 16.5. The molecule has 2 rings (SSSR count). The number of carbonyl (C=O) groups excluding carboxylic acids is 4. The molecule has 0 bridgehead atoms. The summed E-state index contributed by atoms with van der Waals surface area (Å²) in [6, 6.07) is 7.53. The summed E-state index contributed by atoms with van der Waals surface area (Å²) in [5.41, 5.74) is 0.234. The Morgan fingerprint density at radius 1 is 0.474 bits per heavy atom. The second-order valence-electron chi connectivity index (χ2n) is 16.4. The van der Waals surface area contributed by atoms with Crippen molar-refractivity contribution in [1.82, 2.24) is 0 Å². The molecule has 0 fully saturated rings. The molecule has 9 nitrogen and oxygen atoms in total. The van der Waals surface area contributed by atoms with Crippen molar-refractivity contribution in [2.75, 3.05) is 26.4 Å². The van der Waals surface area contributed by atoms with Gasteiger partial charge in [-0.25, -0.2) is 19.2 Å². The number of aromatic hydroxyl groups is 1. The van der Waals surface area contributed by atoms with E-state index in [2.05, 4.69) is 27.7 Å². The predicted molar refractivity (Wildman–Crippen MR) is 228 cm³/mol. The average molecular weight is 795 g/mol. The lowest BCUT2D eigenvalue weighted by atomic mass is 9.93. The Bertz CT molecular complexity index is 1520. The van der Waals surface area contributed by atoms with Gasteiger partial charge in [0.25, 0.3) is 0 Å². The monoisotopic (exact) mass is 795 g/mol. The zero-order valence-electron chi connectivity index (χ0n) is 36.6. The predicted octanol–water partition coefficient (Wildman–Crippen LogP) is 12.6. The van der Waals surface area contributed by atoms with Gasteiger partial charge in [-0.1, -0.05) is 145 Å². The van der Waals surface area contributed by atoms with E-state index in [9.17, 15) is 24.3 Å². The Balaban J connectivity index is 2.56. The largest absolute Gasteiger partial charge is 0.506 e. The summed E-state index contributed by atoms with van der Waals surface area (Å²) in [6.07, 6.45) is 16.5. The van der Waals surface area contributed by atoms with Crippen LogP contribution in [0.4, 0.5) is 0 Å². The number of benzene rings is 2. The summed E-state index contributed by atoms with van der Waals surface area (Å²) in [5, 5.41) is 11.6. The van der Waals surface area contributed by atoms with Gasteiger partial charge >= 0.3 is 23.9 Å². The minimum atomic E-state index is -0.807. The smallest absolute Gasteiger partial charge is 0.342 e. The molecule has 0 spiro atoms. The van der Waals surface area contributed by atoms with Gasteiger partial charge in [-0.3, -0.25) is 0 Å². The zero-order valence-corrected chi connectivity index (χ0v) is 36.6. The molecule has 4 unspecified atom stereocenters. The van der Waals surface area contributed by atoms with Crippen molar-refractivity contribution in [2.45, 2.75) is 158 Å². The zero-order chi connectivity index (χ0) is 42.2. The molecule has 57 heavy (non-hydrogen) atoms. The van der Waals surface area contributed by atoms with Crippen LogP contribution in [0.15, 0.2) is 30.3 Å². The highest BCUT2D eigenvalue weighted by Gasteiger charge is 2.28. The molecule has 0 aliphatic rings. The van der Waals surface area contributed by atoms with Crippen LogP contribution in [0.3, 0.4) is 0 Å². The first-order chi connectivity index (χ1) is 27.4. The van der Waals surface area contributed by atoms with Crippen molar-refractivity contribution in [3.63, 3.8) is 0 Å². The summed E-state index contributed by atoms with van der Waals surface area (Å²) in [6.45, 7) is 17.3. The van der Waals surface area contributed by atoms with Gasteiger partial charge in [0.15, 0.2) is 0 Å². The fraction of sp³-hybridized carbons (Fsp3) is 0.667. The molecule has 0 saturated carbocycles. The highest BCUT2D eigenvalue weighted by Crippen LogP contribution is 2.36. The van der Waals surface area contributed by atoms with Gasteiger partial charge in [0, 0.05) is 5.56 Å². The van der Waals surface area contributed by atoms with E-state index in [0.29, 0.717) is 5.56 Å². The molecule has 2 aromatic rings. The van der Waals surface area contributed by atoms with Crippen LogP contribution in [-0.2, 0) is 18.9 Å². The lowest BCUT2D eigenvalue weighted by Crippen LogP contribution is -2.19. The number of carbonyl (C=O) groups is 4. The molecule has 320 valence electrons. The molecule has 4 atom stereocenters. The fourth-order valence-corrected chi connectivity index (χ4v) is 6.74. The van der Waals surface area contributed by atoms with Gasteiger partial charge in [0.05, 0.1) is 37.6 Å². The van der Waals surface area contributed by atoms with Crippen molar-refractivity contribution in [3.8, 4) is 16.9 Å². The van der Waals surface area contributed by atoms with E-state index in [1.54, 1.807) is 12.1 Å².